The largest absolute Gasteiger partial charge is 0.497 e. The third-order valence-corrected chi connectivity index (χ3v) is 3.91. The number of ether oxygens (including phenoxy) is 2. The maximum atomic E-state index is 12.3. The smallest absolute Gasteiger partial charge is 0.228 e. The van der Waals surface area contributed by atoms with Crippen molar-refractivity contribution in [2.45, 2.75) is 20.3 Å². The van der Waals surface area contributed by atoms with Gasteiger partial charge in [0.2, 0.25) is 5.91 Å². The Balaban J connectivity index is 2.16. The van der Waals surface area contributed by atoms with Crippen molar-refractivity contribution >= 4 is 11.6 Å². The molecule has 22 heavy (non-hydrogen) atoms. The van der Waals surface area contributed by atoms with E-state index in [2.05, 4.69) is 9.88 Å². The summed E-state index contributed by atoms with van der Waals surface area (Å²) in [5, 5.41) is 2.89. The fourth-order valence-corrected chi connectivity index (χ4v) is 2.39. The van der Waals surface area contributed by atoms with Gasteiger partial charge in [0.1, 0.15) is 11.5 Å². The van der Waals surface area contributed by atoms with Crippen LogP contribution in [0.5, 0.6) is 11.5 Å². The van der Waals surface area contributed by atoms with Gasteiger partial charge in [-0.05, 0) is 37.6 Å². The maximum Gasteiger partial charge on any atom is 0.228 e. The molecule has 0 spiro atoms. The van der Waals surface area contributed by atoms with Gasteiger partial charge in [0.25, 0.3) is 0 Å². The van der Waals surface area contributed by atoms with Crippen LogP contribution in [0.1, 0.15) is 17.0 Å². The molecule has 118 valence electrons. The summed E-state index contributed by atoms with van der Waals surface area (Å²) < 4.78 is 12.5. The molecular formula is C17H22N2O3. The highest BCUT2D eigenvalue weighted by Crippen LogP contribution is 2.29. The number of benzene rings is 1. The second-order valence-corrected chi connectivity index (χ2v) is 5.25. The van der Waals surface area contributed by atoms with E-state index in [9.17, 15) is 4.79 Å². The SMILES string of the molecule is COc1ccc(OC)c(NC(=O)Cc2cc(C)n(C)c2C)c1. The lowest BCUT2D eigenvalue weighted by molar-refractivity contribution is -0.115. The molecule has 0 radical (unpaired) electrons. The summed E-state index contributed by atoms with van der Waals surface area (Å²) in [7, 11) is 5.16. The highest BCUT2D eigenvalue weighted by Gasteiger charge is 2.13. The summed E-state index contributed by atoms with van der Waals surface area (Å²) in [5.41, 5.74) is 3.88. The molecule has 0 fully saturated rings. The van der Waals surface area contributed by atoms with E-state index in [-0.39, 0.29) is 5.91 Å². The van der Waals surface area contributed by atoms with Gasteiger partial charge in [-0.3, -0.25) is 4.79 Å². The predicted octanol–water partition coefficient (Wildman–Crippen LogP) is 2.84. The molecule has 2 rings (SSSR count). The first-order valence-electron chi connectivity index (χ1n) is 7.10. The van der Waals surface area contributed by atoms with Gasteiger partial charge in [-0.15, -0.1) is 0 Å². The molecule has 0 unspecified atom stereocenters. The van der Waals surface area contributed by atoms with Crippen LogP contribution in [-0.4, -0.2) is 24.7 Å². The van der Waals surface area contributed by atoms with Crippen molar-refractivity contribution in [3.05, 3.63) is 41.2 Å². The highest BCUT2D eigenvalue weighted by molar-refractivity contribution is 5.94. The molecule has 1 aromatic carbocycles. The van der Waals surface area contributed by atoms with E-state index in [1.807, 2.05) is 27.0 Å². The van der Waals surface area contributed by atoms with Gasteiger partial charge in [0.15, 0.2) is 0 Å². The Labute approximate surface area is 130 Å². The van der Waals surface area contributed by atoms with Crippen molar-refractivity contribution in [3.8, 4) is 11.5 Å². The number of aryl methyl sites for hydroxylation is 1. The Hall–Kier alpha value is -2.43. The summed E-state index contributed by atoms with van der Waals surface area (Å²) in [6.45, 7) is 4.04. The lowest BCUT2D eigenvalue weighted by Crippen LogP contribution is -2.15. The first-order valence-corrected chi connectivity index (χ1v) is 7.10. The van der Waals surface area contributed by atoms with Crippen LogP contribution in [0, 0.1) is 13.8 Å². The molecule has 0 aliphatic heterocycles. The van der Waals surface area contributed by atoms with Crippen LogP contribution < -0.4 is 14.8 Å². The lowest BCUT2D eigenvalue weighted by Gasteiger charge is -2.11. The summed E-state index contributed by atoms with van der Waals surface area (Å²) in [6, 6.07) is 7.35. The average Bonchev–Trinajstić information content (AvgIpc) is 2.74. The highest BCUT2D eigenvalue weighted by atomic mass is 16.5. The molecule has 1 amide bonds. The van der Waals surface area contributed by atoms with E-state index in [0.29, 0.717) is 23.6 Å². The number of hydrogen-bond donors (Lipinski definition) is 1. The Morgan fingerprint density at radius 2 is 1.91 bits per heavy atom. The predicted molar refractivity (Wildman–Crippen MR) is 86.8 cm³/mol. The Morgan fingerprint density at radius 3 is 2.45 bits per heavy atom. The van der Waals surface area contributed by atoms with Crippen molar-refractivity contribution < 1.29 is 14.3 Å². The number of amides is 1. The van der Waals surface area contributed by atoms with E-state index in [4.69, 9.17) is 9.47 Å². The number of carbonyl (C=O) groups is 1. The molecular weight excluding hydrogens is 280 g/mol. The van der Waals surface area contributed by atoms with Gasteiger partial charge in [-0.1, -0.05) is 0 Å². The Kier molecular flexibility index (Phi) is 4.75. The summed E-state index contributed by atoms with van der Waals surface area (Å²) >= 11 is 0. The van der Waals surface area contributed by atoms with Crippen LogP contribution in [0.25, 0.3) is 0 Å². The Bertz CT molecular complexity index is 689. The zero-order chi connectivity index (χ0) is 16.3. The normalized spacial score (nSPS) is 10.4. The van der Waals surface area contributed by atoms with Crippen LogP contribution in [0.4, 0.5) is 5.69 Å². The molecule has 0 aliphatic rings. The monoisotopic (exact) mass is 302 g/mol. The number of nitrogens with one attached hydrogen (secondary N) is 1. The first-order chi connectivity index (χ1) is 10.5. The standard InChI is InChI=1S/C17H22N2O3/c1-11-8-13(12(2)19(11)3)9-17(20)18-15-10-14(21-4)6-7-16(15)22-5/h6-8,10H,9H2,1-5H3,(H,18,20). The zero-order valence-corrected chi connectivity index (χ0v) is 13.7. The minimum absolute atomic E-state index is 0.0831. The molecule has 2 aromatic rings. The molecule has 1 N–H and O–H groups in total. The van der Waals surface area contributed by atoms with Gasteiger partial charge >= 0.3 is 0 Å². The summed E-state index contributed by atoms with van der Waals surface area (Å²) in [5.74, 6) is 1.19. The van der Waals surface area contributed by atoms with Crippen molar-refractivity contribution in [1.29, 1.82) is 0 Å². The van der Waals surface area contributed by atoms with Crippen LogP contribution >= 0.6 is 0 Å². The number of rotatable bonds is 5. The van der Waals surface area contributed by atoms with Crippen molar-refractivity contribution in [2.24, 2.45) is 7.05 Å². The van der Waals surface area contributed by atoms with Crippen LogP contribution in [0.15, 0.2) is 24.3 Å². The molecule has 5 nitrogen and oxygen atoms in total. The quantitative estimate of drug-likeness (QED) is 0.924. The number of nitrogens with zero attached hydrogens (tertiary/aromatic N) is 1. The minimum Gasteiger partial charge on any atom is -0.497 e. The Morgan fingerprint density at radius 1 is 1.18 bits per heavy atom. The molecule has 0 bridgehead atoms. The third-order valence-electron chi connectivity index (χ3n) is 3.91. The third kappa shape index (κ3) is 3.24. The maximum absolute atomic E-state index is 12.3. The van der Waals surface area contributed by atoms with E-state index in [1.54, 1.807) is 32.4 Å². The molecule has 0 saturated heterocycles. The van der Waals surface area contributed by atoms with Gasteiger partial charge in [-0.25, -0.2) is 0 Å². The molecule has 5 heteroatoms. The van der Waals surface area contributed by atoms with Gasteiger partial charge in [-0.2, -0.15) is 0 Å². The molecule has 0 saturated carbocycles. The fourth-order valence-electron chi connectivity index (χ4n) is 2.39. The number of methoxy groups -OCH3 is 2. The molecule has 0 atom stereocenters. The second kappa shape index (κ2) is 6.56. The van der Waals surface area contributed by atoms with E-state index in [1.165, 1.54) is 0 Å². The van der Waals surface area contributed by atoms with E-state index >= 15 is 0 Å². The summed E-state index contributed by atoms with van der Waals surface area (Å²) in [4.78, 5) is 12.3. The van der Waals surface area contributed by atoms with Crippen LogP contribution in [0.3, 0.4) is 0 Å². The van der Waals surface area contributed by atoms with E-state index in [0.717, 1.165) is 17.0 Å². The first kappa shape index (κ1) is 15.9. The van der Waals surface area contributed by atoms with Crippen molar-refractivity contribution in [1.82, 2.24) is 4.57 Å². The van der Waals surface area contributed by atoms with Gasteiger partial charge in [0, 0.05) is 24.5 Å². The lowest BCUT2D eigenvalue weighted by atomic mass is 10.1. The number of carbonyl (C=O) groups excluding carboxylic acids is 1. The summed E-state index contributed by atoms with van der Waals surface area (Å²) in [6.07, 6.45) is 0.327. The molecule has 0 aliphatic carbocycles. The topological polar surface area (TPSA) is 52.5 Å². The number of anilines is 1. The van der Waals surface area contributed by atoms with Crippen LogP contribution in [0.2, 0.25) is 0 Å². The average molecular weight is 302 g/mol. The zero-order valence-electron chi connectivity index (χ0n) is 13.7. The molecule has 1 aromatic heterocycles. The van der Waals surface area contributed by atoms with Gasteiger partial charge in [0.05, 0.1) is 26.3 Å². The second-order valence-electron chi connectivity index (χ2n) is 5.25. The van der Waals surface area contributed by atoms with Crippen molar-refractivity contribution in [2.75, 3.05) is 19.5 Å². The molecule has 1 heterocycles. The van der Waals surface area contributed by atoms with Crippen LogP contribution in [-0.2, 0) is 18.3 Å². The van der Waals surface area contributed by atoms with Gasteiger partial charge < -0.3 is 19.4 Å². The van der Waals surface area contributed by atoms with E-state index < -0.39 is 0 Å². The van der Waals surface area contributed by atoms with Crippen molar-refractivity contribution in [3.63, 3.8) is 0 Å². The fraction of sp³-hybridized carbons (Fsp3) is 0.353. The number of aromatic nitrogens is 1. The minimum atomic E-state index is -0.0831. The number of hydrogen-bond acceptors (Lipinski definition) is 3.